The molecule has 1 aliphatic carbocycles. The number of hydrogen-bond acceptors (Lipinski definition) is 3. The fourth-order valence-corrected chi connectivity index (χ4v) is 4.09. The second-order valence-electron chi connectivity index (χ2n) is 6.87. The summed E-state index contributed by atoms with van der Waals surface area (Å²) in [5.74, 6) is 0.811. The Morgan fingerprint density at radius 1 is 1.33 bits per heavy atom. The van der Waals surface area contributed by atoms with Crippen LogP contribution in [0.4, 0.5) is 0 Å². The van der Waals surface area contributed by atoms with E-state index in [0.29, 0.717) is 12.1 Å². The highest BCUT2D eigenvalue weighted by Gasteiger charge is 2.50. The second-order valence-corrected chi connectivity index (χ2v) is 6.87. The second kappa shape index (κ2) is 4.77. The third kappa shape index (κ3) is 2.33. The van der Waals surface area contributed by atoms with Gasteiger partial charge in [-0.1, -0.05) is 13.3 Å². The lowest BCUT2D eigenvalue weighted by atomic mass is 9.80. The van der Waals surface area contributed by atoms with Crippen LogP contribution in [0.1, 0.15) is 52.4 Å². The van der Waals surface area contributed by atoms with E-state index in [1.807, 2.05) is 0 Å². The number of piperidine rings is 1. The predicted molar refractivity (Wildman–Crippen MR) is 73.6 cm³/mol. The molecule has 0 aromatic carbocycles. The van der Waals surface area contributed by atoms with Crippen LogP contribution in [0, 0.1) is 5.92 Å². The summed E-state index contributed by atoms with van der Waals surface area (Å²) in [6.07, 6.45) is 7.35. The van der Waals surface area contributed by atoms with Gasteiger partial charge >= 0.3 is 0 Å². The number of nitrogens with one attached hydrogen (secondary N) is 1. The van der Waals surface area contributed by atoms with Crippen molar-refractivity contribution in [1.29, 1.82) is 0 Å². The average molecular weight is 252 g/mol. The van der Waals surface area contributed by atoms with Crippen LogP contribution in [-0.4, -0.2) is 46.8 Å². The molecule has 2 heterocycles. The molecule has 104 valence electrons. The normalized spacial score (nSPS) is 46.5. The van der Waals surface area contributed by atoms with Crippen LogP contribution in [-0.2, 0) is 0 Å². The lowest BCUT2D eigenvalue weighted by Gasteiger charge is -2.39. The molecule has 0 spiro atoms. The molecule has 2 N–H and O–H groups in total. The summed E-state index contributed by atoms with van der Waals surface area (Å²) in [6.45, 7) is 6.55. The van der Waals surface area contributed by atoms with Crippen molar-refractivity contribution < 1.29 is 5.11 Å². The van der Waals surface area contributed by atoms with Crippen molar-refractivity contribution in [1.82, 2.24) is 10.2 Å². The SMILES string of the molecule is CCC1CCNC(C2(O)CC(C)N(C3CC3)C2)C1. The Hall–Kier alpha value is -0.120. The number of likely N-dealkylation sites (tertiary alicyclic amines) is 1. The van der Waals surface area contributed by atoms with Crippen LogP contribution in [0.25, 0.3) is 0 Å². The molecule has 0 amide bonds. The van der Waals surface area contributed by atoms with Gasteiger partial charge in [0.05, 0.1) is 5.60 Å². The summed E-state index contributed by atoms with van der Waals surface area (Å²) < 4.78 is 0. The van der Waals surface area contributed by atoms with Crippen molar-refractivity contribution >= 4 is 0 Å². The largest absolute Gasteiger partial charge is 0.387 e. The first kappa shape index (κ1) is 12.9. The van der Waals surface area contributed by atoms with E-state index in [9.17, 15) is 5.11 Å². The summed E-state index contributed by atoms with van der Waals surface area (Å²) in [6, 6.07) is 1.66. The van der Waals surface area contributed by atoms with Gasteiger partial charge in [0, 0.05) is 24.7 Å². The van der Waals surface area contributed by atoms with Gasteiger partial charge in [0.1, 0.15) is 0 Å². The molecule has 0 bridgehead atoms. The van der Waals surface area contributed by atoms with Gasteiger partial charge in [-0.05, 0) is 51.5 Å². The average Bonchev–Trinajstić information content (AvgIpc) is 3.16. The van der Waals surface area contributed by atoms with Gasteiger partial charge in [0.15, 0.2) is 0 Å². The van der Waals surface area contributed by atoms with Crippen molar-refractivity contribution in [3.8, 4) is 0 Å². The van der Waals surface area contributed by atoms with Crippen LogP contribution in [0.3, 0.4) is 0 Å². The van der Waals surface area contributed by atoms with Crippen LogP contribution in [0.5, 0.6) is 0 Å². The van der Waals surface area contributed by atoms with E-state index in [-0.39, 0.29) is 0 Å². The van der Waals surface area contributed by atoms with Crippen molar-refractivity contribution in [2.75, 3.05) is 13.1 Å². The fraction of sp³-hybridized carbons (Fsp3) is 1.00. The number of aliphatic hydroxyl groups is 1. The van der Waals surface area contributed by atoms with Crippen molar-refractivity contribution in [2.45, 2.75) is 76.1 Å². The molecule has 3 aliphatic rings. The smallest absolute Gasteiger partial charge is 0.0941 e. The van der Waals surface area contributed by atoms with E-state index in [0.717, 1.165) is 37.9 Å². The van der Waals surface area contributed by atoms with Crippen LogP contribution in [0.15, 0.2) is 0 Å². The van der Waals surface area contributed by atoms with Gasteiger partial charge in [0.25, 0.3) is 0 Å². The quantitative estimate of drug-likeness (QED) is 0.803. The first-order valence-electron chi connectivity index (χ1n) is 7.84. The zero-order valence-electron chi connectivity index (χ0n) is 11.9. The van der Waals surface area contributed by atoms with Gasteiger partial charge in [-0.15, -0.1) is 0 Å². The minimum absolute atomic E-state index is 0.322. The lowest BCUT2D eigenvalue weighted by molar-refractivity contribution is -0.00684. The van der Waals surface area contributed by atoms with E-state index < -0.39 is 5.60 Å². The summed E-state index contributed by atoms with van der Waals surface area (Å²) in [5, 5.41) is 14.6. The zero-order chi connectivity index (χ0) is 12.8. The van der Waals surface area contributed by atoms with E-state index in [2.05, 4.69) is 24.1 Å². The van der Waals surface area contributed by atoms with Gasteiger partial charge < -0.3 is 10.4 Å². The molecular formula is C15H28N2O. The highest BCUT2D eigenvalue weighted by molar-refractivity contribution is 5.06. The Morgan fingerprint density at radius 2 is 2.11 bits per heavy atom. The Kier molecular flexibility index (Phi) is 3.41. The Morgan fingerprint density at radius 3 is 2.78 bits per heavy atom. The maximum Gasteiger partial charge on any atom is 0.0941 e. The molecule has 3 heteroatoms. The minimum Gasteiger partial charge on any atom is -0.387 e. The minimum atomic E-state index is -0.476. The van der Waals surface area contributed by atoms with Crippen molar-refractivity contribution in [3.05, 3.63) is 0 Å². The van der Waals surface area contributed by atoms with Crippen molar-refractivity contribution in [2.24, 2.45) is 5.92 Å². The third-order valence-corrected chi connectivity index (χ3v) is 5.43. The van der Waals surface area contributed by atoms with Gasteiger partial charge in [-0.2, -0.15) is 0 Å². The number of nitrogens with zero attached hydrogens (tertiary/aromatic N) is 1. The van der Waals surface area contributed by atoms with Crippen LogP contribution >= 0.6 is 0 Å². The topological polar surface area (TPSA) is 35.5 Å². The summed E-state index contributed by atoms with van der Waals surface area (Å²) >= 11 is 0. The molecule has 1 saturated carbocycles. The van der Waals surface area contributed by atoms with E-state index in [4.69, 9.17) is 0 Å². The first-order valence-corrected chi connectivity index (χ1v) is 7.84. The molecule has 3 fully saturated rings. The molecule has 2 aliphatic heterocycles. The van der Waals surface area contributed by atoms with Gasteiger partial charge in [-0.3, -0.25) is 4.90 Å². The van der Waals surface area contributed by atoms with E-state index >= 15 is 0 Å². The lowest BCUT2D eigenvalue weighted by Crippen LogP contribution is -2.55. The highest BCUT2D eigenvalue weighted by atomic mass is 16.3. The number of hydrogen-bond donors (Lipinski definition) is 2. The highest BCUT2D eigenvalue weighted by Crippen LogP contribution is 2.40. The molecule has 2 saturated heterocycles. The van der Waals surface area contributed by atoms with Crippen LogP contribution < -0.4 is 5.32 Å². The fourth-order valence-electron chi connectivity index (χ4n) is 4.09. The van der Waals surface area contributed by atoms with Gasteiger partial charge in [-0.25, -0.2) is 0 Å². The Balaban J connectivity index is 1.66. The maximum absolute atomic E-state index is 11.0. The first-order chi connectivity index (χ1) is 8.62. The number of β-amino-alcohol motifs (C(OH)–C–C–N with tert-alkyl or cyclic N) is 1. The summed E-state index contributed by atoms with van der Waals surface area (Å²) in [7, 11) is 0. The van der Waals surface area contributed by atoms with Crippen LogP contribution in [0.2, 0.25) is 0 Å². The Bertz CT molecular complexity index is 305. The maximum atomic E-state index is 11.0. The molecule has 4 atom stereocenters. The molecule has 3 nitrogen and oxygen atoms in total. The number of rotatable bonds is 3. The molecule has 0 radical (unpaired) electrons. The van der Waals surface area contributed by atoms with Gasteiger partial charge in [0.2, 0.25) is 0 Å². The zero-order valence-corrected chi connectivity index (χ0v) is 11.9. The predicted octanol–water partition coefficient (Wildman–Crippen LogP) is 1.75. The van der Waals surface area contributed by atoms with E-state index in [1.54, 1.807) is 0 Å². The molecule has 18 heavy (non-hydrogen) atoms. The summed E-state index contributed by atoms with van der Waals surface area (Å²) in [5.41, 5.74) is -0.476. The molecule has 0 aromatic rings. The molecular weight excluding hydrogens is 224 g/mol. The van der Waals surface area contributed by atoms with E-state index in [1.165, 1.54) is 25.7 Å². The third-order valence-electron chi connectivity index (χ3n) is 5.43. The molecule has 4 unspecified atom stereocenters. The van der Waals surface area contributed by atoms with Crippen molar-refractivity contribution in [3.63, 3.8) is 0 Å². The standard InChI is InChI=1S/C15H28N2O/c1-3-12-6-7-16-14(8-12)15(18)9-11(2)17(10-15)13-4-5-13/h11-14,16,18H,3-10H2,1-2H3. The Labute approximate surface area is 111 Å². The molecule has 3 rings (SSSR count). The summed E-state index contributed by atoms with van der Waals surface area (Å²) in [4.78, 5) is 2.55. The molecule has 0 aromatic heterocycles. The monoisotopic (exact) mass is 252 g/mol.